The molecule has 100 valence electrons. The van der Waals surface area contributed by atoms with Gasteiger partial charge in [-0.25, -0.2) is 0 Å². The number of hydrogen-bond donors (Lipinski definition) is 1. The highest BCUT2D eigenvalue weighted by atomic mass is 32.2. The van der Waals surface area contributed by atoms with Crippen LogP contribution in [-0.2, 0) is 4.79 Å². The molecule has 20 heavy (non-hydrogen) atoms. The van der Waals surface area contributed by atoms with Gasteiger partial charge in [-0.1, -0.05) is 29.5 Å². The number of diazo groups is 1. The van der Waals surface area contributed by atoms with Crippen LogP contribution in [0.15, 0.2) is 52.3 Å². The molecule has 0 spiro atoms. The topological polar surface area (TPSA) is 57.2 Å². The lowest BCUT2D eigenvalue weighted by molar-refractivity contribution is -0.114. The Bertz CT molecular complexity index is 675. The molecular formula is C15H14N3OS+. The van der Waals surface area contributed by atoms with Crippen LogP contribution in [0.4, 0.5) is 11.4 Å². The Morgan fingerprint density at radius 3 is 2.50 bits per heavy atom. The molecule has 1 amide bonds. The second kappa shape index (κ2) is 6.22. The molecule has 0 radical (unpaired) electrons. The molecule has 0 aromatic heterocycles. The van der Waals surface area contributed by atoms with Crippen molar-refractivity contribution >= 4 is 29.0 Å². The Morgan fingerprint density at radius 1 is 1.20 bits per heavy atom. The summed E-state index contributed by atoms with van der Waals surface area (Å²) in [6.45, 7) is 3.48. The number of carbonyl (C=O) groups excluding carboxylic acids is 1. The average molecular weight is 284 g/mol. The van der Waals surface area contributed by atoms with E-state index >= 15 is 0 Å². The van der Waals surface area contributed by atoms with Crippen LogP contribution in [0, 0.1) is 12.3 Å². The van der Waals surface area contributed by atoms with Gasteiger partial charge >= 0.3 is 5.69 Å². The number of carbonyl (C=O) groups is 1. The molecule has 0 aliphatic rings. The molecule has 0 bridgehead atoms. The van der Waals surface area contributed by atoms with E-state index in [1.54, 1.807) is 23.9 Å². The van der Waals surface area contributed by atoms with Crippen molar-refractivity contribution in [1.82, 2.24) is 0 Å². The third-order valence-corrected chi connectivity index (χ3v) is 3.72. The van der Waals surface area contributed by atoms with Crippen LogP contribution in [0.1, 0.15) is 12.5 Å². The smallest absolute Gasteiger partial charge is 0.325 e. The van der Waals surface area contributed by atoms with Gasteiger partial charge in [0, 0.05) is 22.8 Å². The molecule has 0 saturated heterocycles. The normalized spacial score (nSPS) is 9.85. The molecule has 0 unspecified atom stereocenters. The quantitative estimate of drug-likeness (QED) is 0.839. The number of benzene rings is 2. The first-order valence-corrected chi connectivity index (χ1v) is 6.91. The highest BCUT2D eigenvalue weighted by Crippen LogP contribution is 2.35. The minimum atomic E-state index is -0.161. The zero-order valence-corrected chi connectivity index (χ0v) is 12.1. The van der Waals surface area contributed by atoms with Gasteiger partial charge in [-0.2, -0.15) is 0 Å². The van der Waals surface area contributed by atoms with E-state index in [0.29, 0.717) is 11.4 Å². The molecule has 0 fully saturated rings. The summed E-state index contributed by atoms with van der Waals surface area (Å²) in [5.41, 5.74) is 2.24. The molecule has 4 nitrogen and oxygen atoms in total. The molecule has 0 heterocycles. The monoisotopic (exact) mass is 284 g/mol. The zero-order chi connectivity index (χ0) is 14.5. The van der Waals surface area contributed by atoms with Crippen LogP contribution < -0.4 is 5.32 Å². The van der Waals surface area contributed by atoms with E-state index in [9.17, 15) is 4.79 Å². The highest BCUT2D eigenvalue weighted by Gasteiger charge is 2.12. The van der Waals surface area contributed by atoms with Gasteiger partial charge in [-0.3, -0.25) is 4.79 Å². The Hall–Kier alpha value is -2.32. The molecule has 2 aromatic carbocycles. The SMILES string of the molecule is CC(=O)Nc1cc([N+]#N)ccc1Sc1ccc(C)cc1. The molecule has 1 N–H and O–H groups in total. The summed E-state index contributed by atoms with van der Waals surface area (Å²) in [7, 11) is 0. The summed E-state index contributed by atoms with van der Waals surface area (Å²) in [6, 6.07) is 13.3. The predicted octanol–water partition coefficient (Wildman–Crippen LogP) is 4.59. The second-order valence-electron chi connectivity index (χ2n) is 4.38. The van der Waals surface area contributed by atoms with E-state index < -0.39 is 0 Å². The lowest BCUT2D eigenvalue weighted by atomic mass is 10.2. The maximum absolute atomic E-state index is 11.2. The van der Waals surface area contributed by atoms with Crippen molar-refractivity contribution in [3.05, 3.63) is 53.0 Å². The van der Waals surface area contributed by atoms with Gasteiger partial charge in [0.15, 0.2) is 4.98 Å². The largest absolute Gasteiger partial charge is 0.387 e. The summed E-state index contributed by atoms with van der Waals surface area (Å²) in [5, 5.41) is 11.6. The van der Waals surface area contributed by atoms with Crippen LogP contribution in [0.2, 0.25) is 0 Å². The Labute approximate surface area is 121 Å². The number of amides is 1. The van der Waals surface area contributed by atoms with Gasteiger partial charge < -0.3 is 5.32 Å². The first-order valence-electron chi connectivity index (χ1n) is 6.10. The Kier molecular flexibility index (Phi) is 4.38. The number of nitrogens with zero attached hydrogens (tertiary/aromatic N) is 2. The first-order chi connectivity index (χ1) is 9.58. The number of aryl methyl sites for hydroxylation is 1. The van der Waals surface area contributed by atoms with Gasteiger partial charge in [0.05, 0.1) is 11.8 Å². The third kappa shape index (κ3) is 3.59. The maximum atomic E-state index is 11.2. The van der Waals surface area contributed by atoms with Crippen LogP contribution in [-0.4, -0.2) is 5.91 Å². The van der Waals surface area contributed by atoms with Crippen molar-refractivity contribution in [3.63, 3.8) is 0 Å². The number of nitrogens with one attached hydrogen (secondary N) is 1. The highest BCUT2D eigenvalue weighted by molar-refractivity contribution is 7.99. The summed E-state index contributed by atoms with van der Waals surface area (Å²) in [4.78, 5) is 16.4. The lowest BCUT2D eigenvalue weighted by Crippen LogP contribution is -2.06. The van der Waals surface area contributed by atoms with Crippen LogP contribution in [0.25, 0.3) is 4.98 Å². The third-order valence-electron chi connectivity index (χ3n) is 2.64. The van der Waals surface area contributed by atoms with Crippen molar-refractivity contribution in [2.24, 2.45) is 0 Å². The molecule has 2 rings (SSSR count). The molecular weight excluding hydrogens is 270 g/mol. The van der Waals surface area contributed by atoms with Gasteiger partial charge in [-0.05, 0) is 25.1 Å². The molecule has 0 aliphatic carbocycles. The van der Waals surface area contributed by atoms with E-state index in [4.69, 9.17) is 5.39 Å². The first kappa shape index (κ1) is 14.1. The number of hydrogen-bond acceptors (Lipinski definition) is 3. The summed E-state index contributed by atoms with van der Waals surface area (Å²) in [5.74, 6) is -0.161. The van der Waals surface area contributed by atoms with E-state index in [0.717, 1.165) is 9.79 Å². The minimum absolute atomic E-state index is 0.161. The summed E-state index contributed by atoms with van der Waals surface area (Å²) < 4.78 is 0. The molecule has 0 atom stereocenters. The number of anilines is 1. The van der Waals surface area contributed by atoms with Gasteiger partial charge in [-0.15, -0.1) is 0 Å². The second-order valence-corrected chi connectivity index (χ2v) is 5.49. The molecule has 5 heteroatoms. The number of rotatable bonds is 3. The van der Waals surface area contributed by atoms with Crippen LogP contribution in [0.5, 0.6) is 0 Å². The fourth-order valence-corrected chi connectivity index (χ4v) is 2.57. The van der Waals surface area contributed by atoms with Crippen molar-refractivity contribution in [3.8, 4) is 0 Å². The summed E-state index contributed by atoms with van der Waals surface area (Å²) >= 11 is 1.55. The minimum Gasteiger partial charge on any atom is -0.325 e. The lowest BCUT2D eigenvalue weighted by Gasteiger charge is -2.08. The van der Waals surface area contributed by atoms with Gasteiger partial charge in [0.25, 0.3) is 0 Å². The van der Waals surface area contributed by atoms with E-state index in [-0.39, 0.29) is 5.91 Å². The van der Waals surface area contributed by atoms with Gasteiger partial charge in [0.2, 0.25) is 11.3 Å². The van der Waals surface area contributed by atoms with Crippen molar-refractivity contribution in [2.45, 2.75) is 23.6 Å². The van der Waals surface area contributed by atoms with E-state index in [2.05, 4.69) is 10.3 Å². The summed E-state index contributed by atoms with van der Waals surface area (Å²) in [6.07, 6.45) is 0. The zero-order valence-electron chi connectivity index (χ0n) is 11.3. The molecule has 0 aliphatic heterocycles. The van der Waals surface area contributed by atoms with Crippen molar-refractivity contribution in [2.75, 3.05) is 5.32 Å². The fourth-order valence-electron chi connectivity index (χ4n) is 1.69. The predicted molar refractivity (Wildman–Crippen MR) is 80.8 cm³/mol. The van der Waals surface area contributed by atoms with Crippen molar-refractivity contribution in [1.29, 1.82) is 5.39 Å². The van der Waals surface area contributed by atoms with Gasteiger partial charge in [0.1, 0.15) is 0 Å². The maximum Gasteiger partial charge on any atom is 0.387 e. The molecule has 0 saturated carbocycles. The van der Waals surface area contributed by atoms with E-state index in [1.807, 2.05) is 37.3 Å². The standard InChI is InChI=1S/C15H13N3OS/c1-10-3-6-13(7-4-10)20-15-8-5-12(18-16)9-14(15)17-11(2)19/h3-9H,1-2H3/p+1. The fraction of sp³-hybridized carbons (Fsp3) is 0.133. The Balaban J connectivity index is 2.32. The van der Waals surface area contributed by atoms with E-state index in [1.165, 1.54) is 12.5 Å². The Morgan fingerprint density at radius 2 is 1.90 bits per heavy atom. The average Bonchev–Trinajstić information content (AvgIpc) is 2.42. The van der Waals surface area contributed by atoms with Crippen LogP contribution in [0.3, 0.4) is 0 Å². The van der Waals surface area contributed by atoms with Crippen LogP contribution >= 0.6 is 11.8 Å². The van der Waals surface area contributed by atoms with Crippen molar-refractivity contribution < 1.29 is 4.79 Å². The molecule has 2 aromatic rings.